The Morgan fingerprint density at radius 2 is 1.91 bits per heavy atom. The van der Waals surface area contributed by atoms with Gasteiger partial charge in [-0.2, -0.15) is 0 Å². The number of benzene rings is 1. The normalized spacial score (nSPS) is 11.0. The molecule has 2 aromatic heterocycles. The molecule has 0 atom stereocenters. The molecule has 1 aromatic carbocycles. The first-order valence-corrected chi connectivity index (χ1v) is 9.99. The molecule has 9 heteroatoms. The maximum atomic E-state index is 6.00. The Labute approximate surface area is 160 Å². The molecule has 0 radical (unpaired) electrons. The van der Waals surface area contributed by atoms with E-state index in [2.05, 4.69) is 72.9 Å². The molecule has 2 heterocycles. The lowest BCUT2D eigenvalue weighted by Crippen LogP contribution is -1.89. The van der Waals surface area contributed by atoms with Gasteiger partial charge in [0, 0.05) is 15.2 Å². The number of H-pyrrole nitrogens is 1. The van der Waals surface area contributed by atoms with Crippen LogP contribution in [0.5, 0.6) is 0 Å². The second kappa shape index (κ2) is 7.37. The predicted molar refractivity (Wildman–Crippen MR) is 102 cm³/mol. The van der Waals surface area contributed by atoms with Crippen LogP contribution < -0.4 is 0 Å². The molecule has 0 saturated heterocycles. The van der Waals surface area contributed by atoms with Crippen molar-refractivity contribution < 1.29 is 0 Å². The number of nitrogens with zero attached hydrogens (tertiary/aromatic N) is 4. The van der Waals surface area contributed by atoms with Gasteiger partial charge in [0.2, 0.25) is 5.16 Å². The average molecular weight is 476 g/mol. The van der Waals surface area contributed by atoms with Crippen LogP contribution in [0.4, 0.5) is 0 Å². The third-order valence-electron chi connectivity index (χ3n) is 2.81. The SMILES string of the molecule is CSc1nc(Cl)cc(Sc2n[nH]c(-c3cc(C)cc(I)c3)n2)n1. The van der Waals surface area contributed by atoms with Crippen LogP contribution in [0.1, 0.15) is 5.56 Å². The number of rotatable bonds is 4. The fourth-order valence-electron chi connectivity index (χ4n) is 1.91. The Bertz CT molecular complexity index is 835. The van der Waals surface area contributed by atoms with E-state index in [0.29, 0.717) is 15.5 Å². The number of thioether (sulfide) groups is 1. The molecule has 118 valence electrons. The van der Waals surface area contributed by atoms with Crippen LogP contribution in [0, 0.1) is 10.5 Å². The van der Waals surface area contributed by atoms with E-state index < -0.39 is 0 Å². The van der Waals surface area contributed by atoms with Crippen LogP contribution in [0.15, 0.2) is 39.6 Å². The molecular weight excluding hydrogens is 465 g/mol. The average Bonchev–Trinajstić information content (AvgIpc) is 2.94. The number of hydrogen-bond donors (Lipinski definition) is 1. The Balaban J connectivity index is 1.86. The molecule has 0 saturated carbocycles. The van der Waals surface area contributed by atoms with E-state index in [0.717, 1.165) is 20.0 Å². The van der Waals surface area contributed by atoms with Crippen LogP contribution >= 0.6 is 57.7 Å². The van der Waals surface area contributed by atoms with Crippen molar-refractivity contribution in [1.82, 2.24) is 25.1 Å². The van der Waals surface area contributed by atoms with Crippen molar-refractivity contribution in [3.8, 4) is 11.4 Å². The number of aryl methyl sites for hydroxylation is 1. The highest BCUT2D eigenvalue weighted by molar-refractivity contribution is 14.1. The van der Waals surface area contributed by atoms with Gasteiger partial charge in [-0.15, -0.1) is 5.10 Å². The highest BCUT2D eigenvalue weighted by Gasteiger charge is 2.11. The zero-order chi connectivity index (χ0) is 16.4. The molecule has 1 N–H and O–H groups in total. The zero-order valence-corrected chi connectivity index (χ0v) is 16.7. The van der Waals surface area contributed by atoms with Gasteiger partial charge in [-0.05, 0) is 71.3 Å². The highest BCUT2D eigenvalue weighted by Crippen LogP contribution is 2.28. The predicted octanol–water partition coefficient (Wildman–Crippen LogP) is 4.70. The van der Waals surface area contributed by atoms with E-state index in [1.807, 2.05) is 6.26 Å². The third-order valence-corrected chi connectivity index (χ3v) is 4.96. The molecule has 0 spiro atoms. The van der Waals surface area contributed by atoms with Crippen molar-refractivity contribution in [2.24, 2.45) is 0 Å². The van der Waals surface area contributed by atoms with Gasteiger partial charge in [0.25, 0.3) is 0 Å². The number of halogens is 2. The number of aromatic amines is 1. The fraction of sp³-hybridized carbons (Fsp3) is 0.143. The van der Waals surface area contributed by atoms with Crippen LogP contribution in [-0.2, 0) is 0 Å². The lowest BCUT2D eigenvalue weighted by atomic mass is 10.1. The molecular formula is C14H11ClIN5S2. The standard InChI is InChI=1S/C14H11ClIN5S2/c1-7-3-8(5-9(16)4-7)12-19-14(21-20-12)23-11-6-10(15)17-13(18-11)22-2/h3-6H,1-2H3,(H,19,20,21). The first-order chi connectivity index (χ1) is 11.0. The van der Waals surface area contributed by atoms with E-state index in [9.17, 15) is 0 Å². The van der Waals surface area contributed by atoms with Gasteiger partial charge in [0.15, 0.2) is 11.0 Å². The minimum Gasteiger partial charge on any atom is -0.258 e. The van der Waals surface area contributed by atoms with Crippen molar-refractivity contribution in [2.75, 3.05) is 6.26 Å². The van der Waals surface area contributed by atoms with Crippen LogP contribution in [0.25, 0.3) is 11.4 Å². The maximum Gasteiger partial charge on any atom is 0.215 e. The Kier molecular flexibility index (Phi) is 5.45. The lowest BCUT2D eigenvalue weighted by molar-refractivity contribution is 0.887. The fourth-order valence-corrected chi connectivity index (χ4v) is 4.19. The molecule has 3 rings (SSSR count). The van der Waals surface area contributed by atoms with Gasteiger partial charge < -0.3 is 0 Å². The Morgan fingerprint density at radius 3 is 2.65 bits per heavy atom. The minimum absolute atomic E-state index is 0.413. The first-order valence-electron chi connectivity index (χ1n) is 6.50. The monoisotopic (exact) mass is 475 g/mol. The summed E-state index contributed by atoms with van der Waals surface area (Å²) in [6.45, 7) is 2.06. The summed E-state index contributed by atoms with van der Waals surface area (Å²) in [6.07, 6.45) is 1.91. The molecule has 0 unspecified atom stereocenters. The summed E-state index contributed by atoms with van der Waals surface area (Å²) in [4.78, 5) is 13.0. The van der Waals surface area contributed by atoms with E-state index in [1.54, 1.807) is 6.07 Å². The third kappa shape index (κ3) is 4.37. The van der Waals surface area contributed by atoms with Crippen LogP contribution in [0.2, 0.25) is 5.15 Å². The smallest absolute Gasteiger partial charge is 0.215 e. The van der Waals surface area contributed by atoms with E-state index in [-0.39, 0.29) is 0 Å². The van der Waals surface area contributed by atoms with Crippen molar-refractivity contribution in [2.45, 2.75) is 22.3 Å². The van der Waals surface area contributed by atoms with Gasteiger partial charge in [0.1, 0.15) is 10.2 Å². The summed E-state index contributed by atoms with van der Waals surface area (Å²) in [7, 11) is 0. The van der Waals surface area contributed by atoms with Gasteiger partial charge >= 0.3 is 0 Å². The summed E-state index contributed by atoms with van der Waals surface area (Å²) < 4.78 is 1.16. The van der Waals surface area contributed by atoms with Gasteiger partial charge in [0.05, 0.1) is 0 Å². The Hall–Kier alpha value is -0.840. The highest BCUT2D eigenvalue weighted by atomic mass is 127. The number of nitrogens with one attached hydrogen (secondary N) is 1. The van der Waals surface area contributed by atoms with Crippen molar-refractivity contribution >= 4 is 57.7 Å². The van der Waals surface area contributed by atoms with E-state index in [1.165, 1.54) is 29.1 Å². The summed E-state index contributed by atoms with van der Waals surface area (Å²) >= 11 is 11.1. The van der Waals surface area contributed by atoms with Gasteiger partial charge in [-0.1, -0.05) is 23.4 Å². The second-order valence-electron chi connectivity index (χ2n) is 4.60. The van der Waals surface area contributed by atoms with Crippen molar-refractivity contribution in [1.29, 1.82) is 0 Å². The largest absolute Gasteiger partial charge is 0.258 e. The van der Waals surface area contributed by atoms with Crippen LogP contribution in [-0.4, -0.2) is 31.4 Å². The lowest BCUT2D eigenvalue weighted by Gasteiger charge is -2.01. The van der Waals surface area contributed by atoms with E-state index in [4.69, 9.17) is 11.6 Å². The van der Waals surface area contributed by atoms with Crippen LogP contribution in [0.3, 0.4) is 0 Å². The topological polar surface area (TPSA) is 67.3 Å². The van der Waals surface area contributed by atoms with Gasteiger partial charge in [-0.25, -0.2) is 15.0 Å². The van der Waals surface area contributed by atoms with Crippen molar-refractivity contribution in [3.63, 3.8) is 0 Å². The quantitative estimate of drug-likeness (QED) is 0.255. The second-order valence-corrected chi connectivity index (χ2v) is 8.00. The maximum absolute atomic E-state index is 6.00. The Morgan fingerprint density at radius 1 is 1.09 bits per heavy atom. The first kappa shape index (κ1) is 17.0. The molecule has 0 fully saturated rings. The van der Waals surface area contributed by atoms with E-state index >= 15 is 0 Å². The molecule has 0 aliphatic carbocycles. The molecule has 0 aliphatic rings. The zero-order valence-electron chi connectivity index (χ0n) is 12.2. The molecule has 0 bridgehead atoms. The summed E-state index contributed by atoms with van der Waals surface area (Å²) in [5, 5.41) is 9.58. The number of hydrogen-bond acceptors (Lipinski definition) is 6. The number of aromatic nitrogens is 5. The molecule has 5 nitrogen and oxygen atoms in total. The molecule has 0 amide bonds. The summed E-state index contributed by atoms with van der Waals surface area (Å²) in [6, 6.07) is 7.96. The molecule has 0 aliphatic heterocycles. The molecule has 23 heavy (non-hydrogen) atoms. The summed E-state index contributed by atoms with van der Waals surface area (Å²) in [5.74, 6) is 0.736. The minimum atomic E-state index is 0.413. The van der Waals surface area contributed by atoms with Gasteiger partial charge in [-0.3, -0.25) is 5.10 Å². The molecule has 3 aromatic rings. The summed E-state index contributed by atoms with van der Waals surface area (Å²) in [5.41, 5.74) is 2.20. The van der Waals surface area contributed by atoms with Crippen molar-refractivity contribution in [3.05, 3.63) is 38.6 Å².